The van der Waals surface area contributed by atoms with Crippen molar-refractivity contribution in [2.24, 2.45) is 0 Å². The van der Waals surface area contributed by atoms with E-state index < -0.39 is 10.8 Å². The molecule has 0 bridgehead atoms. The normalized spacial score (nSPS) is 14.6. The van der Waals surface area contributed by atoms with E-state index in [0.29, 0.717) is 0 Å². The van der Waals surface area contributed by atoms with Gasteiger partial charge in [0.25, 0.3) is 0 Å². The summed E-state index contributed by atoms with van der Waals surface area (Å²) in [4.78, 5) is 2.39. The minimum atomic E-state index is -0.558. The summed E-state index contributed by atoms with van der Waals surface area (Å²) in [7, 11) is 0. The lowest BCUT2D eigenvalue weighted by atomic mass is 9.51. The number of rotatable bonds is 7. The van der Waals surface area contributed by atoms with E-state index in [2.05, 4.69) is 292 Å². The van der Waals surface area contributed by atoms with Crippen LogP contribution >= 0.6 is 0 Å². The molecule has 0 amide bonds. The average Bonchev–Trinajstić information content (AvgIpc) is 3.86. The highest BCUT2D eigenvalue weighted by Gasteiger charge is 2.56. The van der Waals surface area contributed by atoms with E-state index in [-0.39, 0.29) is 5.41 Å². The third-order valence-corrected chi connectivity index (χ3v) is 16.4. The molecule has 0 radical (unpaired) electrons. The molecule has 0 N–H and O–H groups in total. The highest BCUT2D eigenvalue weighted by Crippen LogP contribution is 2.65. The van der Waals surface area contributed by atoms with Gasteiger partial charge in [-0.1, -0.05) is 238 Å². The van der Waals surface area contributed by atoms with E-state index in [1.165, 1.54) is 100 Å². The molecule has 0 aromatic heterocycles. The maximum absolute atomic E-state index is 2.54. The Morgan fingerprint density at radius 3 is 1.17 bits per heavy atom. The zero-order chi connectivity index (χ0) is 48.0. The number of hydrogen-bond acceptors (Lipinski definition) is 1. The van der Waals surface area contributed by atoms with Crippen LogP contribution in [-0.4, -0.2) is 0 Å². The first-order chi connectivity index (χ1) is 35.5. The van der Waals surface area contributed by atoms with Crippen molar-refractivity contribution in [1.82, 2.24) is 0 Å². The first kappa shape index (κ1) is 42.1. The van der Waals surface area contributed by atoms with Crippen LogP contribution in [0.5, 0.6) is 0 Å². The third kappa shape index (κ3) is 5.95. The van der Waals surface area contributed by atoms with Gasteiger partial charge in [0.05, 0.1) is 10.8 Å². The number of anilines is 3. The second-order valence-corrected chi connectivity index (χ2v) is 20.3. The predicted octanol–water partition coefficient (Wildman–Crippen LogP) is 17.9. The largest absolute Gasteiger partial charge is 0.310 e. The van der Waals surface area contributed by atoms with E-state index in [4.69, 9.17) is 0 Å². The van der Waals surface area contributed by atoms with Crippen molar-refractivity contribution >= 4 is 17.1 Å². The van der Waals surface area contributed by atoms with Crippen LogP contribution in [0.4, 0.5) is 17.1 Å². The van der Waals surface area contributed by atoms with E-state index in [1.807, 2.05) is 0 Å². The Hall–Kier alpha value is -8.78. The minimum absolute atomic E-state index is 0.246. The second-order valence-electron chi connectivity index (χ2n) is 20.3. The summed E-state index contributed by atoms with van der Waals surface area (Å²) in [5.41, 5.74) is 25.4. The SMILES string of the molecule is CC1(C)c2cc(-c3ccc4c(c3)C3(c5ccccc5-4)c4ccccc4C(c4ccccc4)(c4ccccc4)c4ccccc43)ccc2-c2ccc(N(c3ccccc3)c3ccc(-c4ccccc4)cc3)cc21. The summed E-state index contributed by atoms with van der Waals surface area (Å²) < 4.78 is 0. The molecule has 0 unspecified atom stereocenters. The van der Waals surface area contributed by atoms with Crippen LogP contribution in [0.2, 0.25) is 0 Å². The highest BCUT2D eigenvalue weighted by molar-refractivity contribution is 5.93. The van der Waals surface area contributed by atoms with Crippen LogP contribution < -0.4 is 4.90 Å². The van der Waals surface area contributed by atoms with Crippen LogP contribution in [0.3, 0.4) is 0 Å². The van der Waals surface area contributed by atoms with Gasteiger partial charge in [-0.05, 0) is 149 Å². The highest BCUT2D eigenvalue weighted by atomic mass is 15.1. The summed E-state index contributed by atoms with van der Waals surface area (Å²) >= 11 is 0. The summed E-state index contributed by atoms with van der Waals surface area (Å²) in [6.45, 7) is 4.81. The number of hydrogen-bond donors (Lipinski definition) is 0. The van der Waals surface area contributed by atoms with Gasteiger partial charge >= 0.3 is 0 Å². The van der Waals surface area contributed by atoms with Crippen LogP contribution in [0.1, 0.15) is 69.5 Å². The van der Waals surface area contributed by atoms with Crippen molar-refractivity contribution in [3.63, 3.8) is 0 Å². The molecule has 0 fully saturated rings. The van der Waals surface area contributed by atoms with Gasteiger partial charge < -0.3 is 4.90 Å². The number of fused-ring (bicyclic) bond motifs is 12. The molecular weight excluding hydrogens is 867 g/mol. The van der Waals surface area contributed by atoms with Gasteiger partial charge in [0.2, 0.25) is 0 Å². The molecule has 3 aliphatic rings. The number of nitrogens with zero attached hydrogens (tertiary/aromatic N) is 1. The van der Waals surface area contributed by atoms with Crippen molar-refractivity contribution in [2.45, 2.75) is 30.1 Å². The smallest absolute Gasteiger partial charge is 0.0720 e. The molecule has 11 aromatic carbocycles. The Kier molecular flexibility index (Phi) is 9.44. The van der Waals surface area contributed by atoms with E-state index >= 15 is 0 Å². The summed E-state index contributed by atoms with van der Waals surface area (Å²) in [6.07, 6.45) is 0. The molecular formula is C71H51N. The minimum Gasteiger partial charge on any atom is -0.310 e. The number of para-hydroxylation sites is 1. The van der Waals surface area contributed by atoms with Crippen LogP contribution in [-0.2, 0) is 16.2 Å². The lowest BCUT2D eigenvalue weighted by molar-refractivity contribution is 0.624. The molecule has 3 aliphatic carbocycles. The van der Waals surface area contributed by atoms with E-state index in [1.54, 1.807) is 0 Å². The fourth-order valence-corrected chi connectivity index (χ4v) is 13.3. The topological polar surface area (TPSA) is 3.24 Å². The molecule has 340 valence electrons. The monoisotopic (exact) mass is 917 g/mol. The maximum atomic E-state index is 2.54. The molecule has 1 heteroatoms. The number of benzene rings is 11. The molecule has 72 heavy (non-hydrogen) atoms. The van der Waals surface area contributed by atoms with Crippen LogP contribution in [0, 0.1) is 0 Å². The molecule has 14 rings (SSSR count). The van der Waals surface area contributed by atoms with Gasteiger partial charge in [0, 0.05) is 22.5 Å². The average molecular weight is 918 g/mol. The van der Waals surface area contributed by atoms with Gasteiger partial charge in [-0.3, -0.25) is 0 Å². The van der Waals surface area contributed by atoms with Crippen LogP contribution in [0.25, 0.3) is 44.5 Å². The van der Waals surface area contributed by atoms with Crippen molar-refractivity contribution in [1.29, 1.82) is 0 Å². The summed E-state index contributed by atoms with van der Waals surface area (Å²) in [5.74, 6) is 0. The molecule has 1 nitrogen and oxygen atoms in total. The van der Waals surface area contributed by atoms with Crippen molar-refractivity contribution in [2.75, 3.05) is 4.90 Å². The van der Waals surface area contributed by atoms with Gasteiger partial charge in [-0.15, -0.1) is 0 Å². The third-order valence-electron chi connectivity index (χ3n) is 16.4. The molecule has 0 aliphatic heterocycles. The van der Waals surface area contributed by atoms with E-state index in [9.17, 15) is 0 Å². The van der Waals surface area contributed by atoms with Crippen molar-refractivity contribution in [3.05, 3.63) is 329 Å². The fraction of sp³-hybridized carbons (Fsp3) is 0.0704. The first-order valence-corrected chi connectivity index (χ1v) is 25.3. The van der Waals surface area contributed by atoms with Crippen molar-refractivity contribution in [3.8, 4) is 44.5 Å². The Bertz CT molecular complexity index is 3780. The predicted molar refractivity (Wildman–Crippen MR) is 299 cm³/mol. The maximum Gasteiger partial charge on any atom is 0.0720 e. The van der Waals surface area contributed by atoms with Gasteiger partial charge in [-0.25, -0.2) is 0 Å². The van der Waals surface area contributed by atoms with Gasteiger partial charge in [0.1, 0.15) is 0 Å². The Morgan fingerprint density at radius 1 is 0.236 bits per heavy atom. The lowest BCUT2D eigenvalue weighted by Gasteiger charge is -2.50. The Morgan fingerprint density at radius 2 is 0.597 bits per heavy atom. The Labute approximate surface area is 423 Å². The first-order valence-electron chi connectivity index (χ1n) is 25.3. The standard InChI is InChI=1S/C71H51N/c1-69(2)66-45-50(37-42-58(66)59-44-41-56(47-67(59)69)72(54-27-13-6-14-28-54)55-39-35-49(36-40-55)48-21-7-3-8-22-48)51-38-43-60-57-29-15-16-30-61(57)71(68(60)46-51)64-33-19-17-31-62(64)70(52-23-9-4-10-24-52,53-25-11-5-12-26-53)63-32-18-20-34-65(63)71/h3-47H,1-2H3. The molecule has 0 saturated carbocycles. The summed E-state index contributed by atoms with van der Waals surface area (Å²) in [6, 6.07) is 102. The fourth-order valence-electron chi connectivity index (χ4n) is 13.3. The van der Waals surface area contributed by atoms with Gasteiger partial charge in [0.15, 0.2) is 0 Å². The Balaban J connectivity index is 0.909. The van der Waals surface area contributed by atoms with E-state index in [0.717, 1.165) is 17.1 Å². The summed E-state index contributed by atoms with van der Waals surface area (Å²) in [5, 5.41) is 0. The van der Waals surface area contributed by atoms with Crippen LogP contribution in [0.15, 0.2) is 273 Å². The van der Waals surface area contributed by atoms with Gasteiger partial charge in [-0.2, -0.15) is 0 Å². The second kappa shape index (κ2) is 16.1. The molecule has 0 heterocycles. The quantitative estimate of drug-likeness (QED) is 0.154. The molecule has 1 spiro atoms. The van der Waals surface area contributed by atoms with Crippen molar-refractivity contribution < 1.29 is 0 Å². The molecule has 11 aromatic rings. The molecule has 0 saturated heterocycles. The zero-order valence-corrected chi connectivity index (χ0v) is 40.4. The molecule has 0 atom stereocenters. The lowest BCUT2D eigenvalue weighted by Crippen LogP contribution is -2.44. The zero-order valence-electron chi connectivity index (χ0n) is 40.4.